The van der Waals surface area contributed by atoms with E-state index in [4.69, 9.17) is 4.42 Å². The summed E-state index contributed by atoms with van der Waals surface area (Å²) in [5, 5.41) is 14.4. The molecule has 0 amide bonds. The fraction of sp³-hybridized carbons (Fsp3) is 0.357. The predicted molar refractivity (Wildman–Crippen MR) is 73.2 cm³/mol. The highest BCUT2D eigenvalue weighted by molar-refractivity contribution is 5.69. The van der Waals surface area contributed by atoms with Crippen molar-refractivity contribution in [2.75, 3.05) is 0 Å². The van der Waals surface area contributed by atoms with Crippen LogP contribution in [-0.2, 0) is 6.54 Å². The molecule has 0 aliphatic heterocycles. The smallest absolute Gasteiger partial charge is 0.280 e. The quantitative estimate of drug-likeness (QED) is 0.669. The Labute approximate surface area is 116 Å². The van der Waals surface area contributed by atoms with Crippen molar-refractivity contribution >= 4 is 5.69 Å². The van der Waals surface area contributed by atoms with E-state index in [1.165, 1.54) is 18.9 Å². The molecule has 0 spiro atoms. The lowest BCUT2D eigenvalue weighted by Crippen LogP contribution is -2.15. The molecule has 104 valence electrons. The van der Waals surface area contributed by atoms with Crippen molar-refractivity contribution in [2.24, 2.45) is 0 Å². The van der Waals surface area contributed by atoms with Crippen LogP contribution in [0.1, 0.15) is 24.3 Å². The number of nitro groups is 1. The minimum Gasteiger partial charge on any atom is -0.439 e. The maximum atomic E-state index is 11.1. The molecule has 1 N–H and O–H groups in total. The zero-order chi connectivity index (χ0) is 14.1. The summed E-state index contributed by atoms with van der Waals surface area (Å²) in [6.45, 7) is 2.45. The van der Waals surface area contributed by atoms with Crippen LogP contribution in [0.4, 0.5) is 5.69 Å². The van der Waals surface area contributed by atoms with E-state index < -0.39 is 4.92 Å². The first-order chi connectivity index (χ1) is 9.63. The second kappa shape index (κ2) is 5.05. The van der Waals surface area contributed by atoms with Crippen LogP contribution in [-0.4, -0.2) is 15.9 Å². The predicted octanol–water partition coefficient (Wildman–Crippen LogP) is 2.81. The maximum Gasteiger partial charge on any atom is 0.280 e. The fourth-order valence-electron chi connectivity index (χ4n) is 2.04. The molecule has 0 bridgehead atoms. The van der Waals surface area contributed by atoms with Gasteiger partial charge in [0.2, 0.25) is 5.89 Å². The number of nitro benzene ring substituents is 1. The molecule has 1 aliphatic rings. The van der Waals surface area contributed by atoms with Gasteiger partial charge in [-0.05, 0) is 31.4 Å². The second-order valence-electron chi connectivity index (χ2n) is 5.05. The third-order valence-electron chi connectivity index (χ3n) is 3.29. The second-order valence-corrected chi connectivity index (χ2v) is 5.05. The van der Waals surface area contributed by atoms with Crippen molar-refractivity contribution in [3.63, 3.8) is 0 Å². The average molecular weight is 273 g/mol. The van der Waals surface area contributed by atoms with Gasteiger partial charge in [0.25, 0.3) is 5.69 Å². The van der Waals surface area contributed by atoms with Gasteiger partial charge >= 0.3 is 0 Å². The standard InChI is InChI=1S/C14H15N3O3/c1-9-2-5-12(17(18)19)11(6-9)13-7-16-14(20-13)8-15-10-3-4-10/h2,5-7,10,15H,3-4,8H2,1H3. The van der Waals surface area contributed by atoms with Crippen LogP contribution >= 0.6 is 0 Å². The van der Waals surface area contributed by atoms with Crippen molar-refractivity contribution in [1.82, 2.24) is 10.3 Å². The van der Waals surface area contributed by atoms with Gasteiger partial charge in [-0.25, -0.2) is 4.98 Å². The summed E-state index contributed by atoms with van der Waals surface area (Å²) < 4.78 is 5.62. The molecule has 1 heterocycles. The maximum absolute atomic E-state index is 11.1. The van der Waals surface area contributed by atoms with Crippen LogP contribution in [0.5, 0.6) is 0 Å². The molecule has 0 radical (unpaired) electrons. The lowest BCUT2D eigenvalue weighted by atomic mass is 10.1. The zero-order valence-electron chi connectivity index (χ0n) is 11.1. The third-order valence-corrected chi connectivity index (χ3v) is 3.29. The van der Waals surface area contributed by atoms with Crippen LogP contribution in [0.2, 0.25) is 0 Å². The van der Waals surface area contributed by atoms with Gasteiger partial charge in [0.15, 0.2) is 5.76 Å². The topological polar surface area (TPSA) is 81.2 Å². The van der Waals surface area contributed by atoms with Crippen LogP contribution in [0.3, 0.4) is 0 Å². The first-order valence-corrected chi connectivity index (χ1v) is 6.57. The molecular formula is C14H15N3O3. The first kappa shape index (κ1) is 12.8. The summed E-state index contributed by atoms with van der Waals surface area (Å²) >= 11 is 0. The molecule has 6 heteroatoms. The minimum absolute atomic E-state index is 0.0356. The molecule has 2 aromatic rings. The molecule has 0 atom stereocenters. The van der Waals surface area contributed by atoms with Crippen LogP contribution in [0.25, 0.3) is 11.3 Å². The molecule has 0 saturated heterocycles. The molecule has 0 unspecified atom stereocenters. The summed E-state index contributed by atoms with van der Waals surface area (Å²) in [5.41, 5.74) is 1.45. The van der Waals surface area contributed by atoms with Crippen molar-refractivity contribution in [1.29, 1.82) is 0 Å². The van der Waals surface area contributed by atoms with Crippen LogP contribution < -0.4 is 5.32 Å². The van der Waals surface area contributed by atoms with Crippen LogP contribution in [0, 0.1) is 17.0 Å². The normalized spacial score (nSPS) is 14.4. The van der Waals surface area contributed by atoms with Crippen molar-refractivity contribution in [3.8, 4) is 11.3 Å². The van der Waals surface area contributed by atoms with E-state index in [0.717, 1.165) is 5.56 Å². The highest BCUT2D eigenvalue weighted by atomic mass is 16.6. The Morgan fingerprint density at radius 2 is 2.30 bits per heavy atom. The molecule has 1 fully saturated rings. The van der Waals surface area contributed by atoms with E-state index in [-0.39, 0.29) is 5.69 Å². The molecule has 1 aromatic heterocycles. The monoisotopic (exact) mass is 273 g/mol. The molecule has 6 nitrogen and oxygen atoms in total. The summed E-state index contributed by atoms with van der Waals surface area (Å²) in [7, 11) is 0. The van der Waals surface area contributed by atoms with Gasteiger partial charge in [0.05, 0.1) is 23.2 Å². The number of rotatable bonds is 5. The van der Waals surface area contributed by atoms with Gasteiger partial charge in [-0.1, -0.05) is 6.07 Å². The van der Waals surface area contributed by atoms with E-state index in [9.17, 15) is 10.1 Å². The van der Waals surface area contributed by atoms with Gasteiger partial charge in [0, 0.05) is 12.1 Å². The number of hydrogen-bond acceptors (Lipinski definition) is 5. The van der Waals surface area contributed by atoms with E-state index in [0.29, 0.717) is 29.8 Å². The van der Waals surface area contributed by atoms with Gasteiger partial charge in [-0.2, -0.15) is 0 Å². The first-order valence-electron chi connectivity index (χ1n) is 6.57. The Morgan fingerprint density at radius 3 is 3.00 bits per heavy atom. The minimum atomic E-state index is -0.403. The number of nitrogens with one attached hydrogen (secondary N) is 1. The fourth-order valence-corrected chi connectivity index (χ4v) is 2.04. The SMILES string of the molecule is Cc1ccc([N+](=O)[O-])c(-c2cnc(CNC3CC3)o2)c1. The number of aromatic nitrogens is 1. The molecular weight excluding hydrogens is 258 g/mol. The van der Waals surface area contributed by atoms with E-state index in [2.05, 4.69) is 10.3 Å². The largest absolute Gasteiger partial charge is 0.439 e. The highest BCUT2D eigenvalue weighted by Gasteiger charge is 2.22. The third kappa shape index (κ3) is 2.70. The number of nitrogens with zero attached hydrogens (tertiary/aromatic N) is 2. The Bertz CT molecular complexity index is 647. The summed E-state index contributed by atoms with van der Waals surface area (Å²) in [6, 6.07) is 5.53. The Kier molecular flexibility index (Phi) is 3.23. The van der Waals surface area contributed by atoms with Gasteiger partial charge in [-0.15, -0.1) is 0 Å². The van der Waals surface area contributed by atoms with Crippen molar-refractivity contribution < 1.29 is 9.34 Å². The van der Waals surface area contributed by atoms with Gasteiger partial charge in [-0.3, -0.25) is 10.1 Å². The molecule has 1 aliphatic carbocycles. The number of benzene rings is 1. The van der Waals surface area contributed by atoms with Gasteiger partial charge in [0.1, 0.15) is 0 Å². The lowest BCUT2D eigenvalue weighted by molar-refractivity contribution is -0.384. The van der Waals surface area contributed by atoms with E-state index in [1.807, 2.05) is 6.92 Å². The molecule has 20 heavy (non-hydrogen) atoms. The molecule has 1 saturated carbocycles. The molecule has 3 rings (SSSR count). The zero-order valence-corrected chi connectivity index (χ0v) is 11.1. The number of aryl methyl sites for hydroxylation is 1. The number of oxazole rings is 1. The van der Waals surface area contributed by atoms with Gasteiger partial charge < -0.3 is 9.73 Å². The Hall–Kier alpha value is -2.21. The Balaban J connectivity index is 1.87. The van der Waals surface area contributed by atoms with Crippen molar-refractivity contribution in [3.05, 3.63) is 46.0 Å². The summed E-state index contributed by atoms with van der Waals surface area (Å²) in [5.74, 6) is 0.996. The molecule has 1 aromatic carbocycles. The van der Waals surface area contributed by atoms with Crippen LogP contribution in [0.15, 0.2) is 28.8 Å². The summed E-state index contributed by atoms with van der Waals surface area (Å²) in [6.07, 6.45) is 3.93. The Morgan fingerprint density at radius 1 is 1.50 bits per heavy atom. The van der Waals surface area contributed by atoms with E-state index >= 15 is 0 Å². The summed E-state index contributed by atoms with van der Waals surface area (Å²) in [4.78, 5) is 14.8. The van der Waals surface area contributed by atoms with Crippen molar-refractivity contribution in [2.45, 2.75) is 32.4 Å². The average Bonchev–Trinajstić information content (AvgIpc) is 3.13. The van der Waals surface area contributed by atoms with E-state index in [1.54, 1.807) is 18.3 Å². The number of hydrogen-bond donors (Lipinski definition) is 1. The highest BCUT2D eigenvalue weighted by Crippen LogP contribution is 2.31. The lowest BCUT2D eigenvalue weighted by Gasteiger charge is -2.01.